The van der Waals surface area contributed by atoms with Crippen molar-refractivity contribution in [2.75, 3.05) is 6.61 Å². The predicted octanol–water partition coefficient (Wildman–Crippen LogP) is 7.64. The van der Waals surface area contributed by atoms with Crippen LogP contribution in [0, 0.1) is 11.8 Å². The summed E-state index contributed by atoms with van der Waals surface area (Å²) in [5.41, 5.74) is 2.24. The molecule has 1 aliphatic carbocycles. The Balaban J connectivity index is 1.33. The molecule has 0 aliphatic heterocycles. The molecule has 0 unspecified atom stereocenters. The summed E-state index contributed by atoms with van der Waals surface area (Å²) in [6.45, 7) is 5.29. The molecule has 0 amide bonds. The van der Waals surface area contributed by atoms with Gasteiger partial charge in [-0.15, -0.1) is 0 Å². The normalized spacial score (nSPS) is 19.0. The molecule has 1 fully saturated rings. The topological polar surface area (TPSA) is 35.0 Å². The van der Waals surface area contributed by atoms with Gasteiger partial charge in [-0.2, -0.15) is 0 Å². The summed E-state index contributed by atoms with van der Waals surface area (Å²) in [5.74, 6) is 3.66. The summed E-state index contributed by atoms with van der Waals surface area (Å²) in [4.78, 5) is 9.00. The van der Waals surface area contributed by atoms with Gasteiger partial charge in [-0.3, -0.25) is 0 Å². The van der Waals surface area contributed by atoms with Gasteiger partial charge in [0.25, 0.3) is 0 Å². The van der Waals surface area contributed by atoms with Gasteiger partial charge in [0.05, 0.1) is 6.61 Å². The fraction of sp³-hybridized carbons (Fsp3) is 0.630. The van der Waals surface area contributed by atoms with Crippen LogP contribution < -0.4 is 4.74 Å². The zero-order valence-corrected chi connectivity index (χ0v) is 19.1. The molecule has 1 aromatic carbocycles. The predicted molar refractivity (Wildman–Crippen MR) is 126 cm³/mol. The molecule has 1 aromatic heterocycles. The molecule has 1 heterocycles. The van der Waals surface area contributed by atoms with E-state index in [4.69, 9.17) is 4.74 Å². The van der Waals surface area contributed by atoms with Crippen LogP contribution in [-0.2, 0) is 6.42 Å². The molecule has 30 heavy (non-hydrogen) atoms. The lowest BCUT2D eigenvalue weighted by Crippen LogP contribution is -2.15. The fourth-order valence-corrected chi connectivity index (χ4v) is 4.68. The van der Waals surface area contributed by atoms with Gasteiger partial charge in [-0.1, -0.05) is 71.6 Å². The number of ether oxygens (including phenoxy) is 1. The van der Waals surface area contributed by atoms with Gasteiger partial charge in [0.2, 0.25) is 0 Å². The maximum atomic E-state index is 5.98. The number of unbranched alkanes of at least 4 members (excludes halogenated alkanes) is 2. The van der Waals surface area contributed by atoms with Gasteiger partial charge in [0.1, 0.15) is 5.75 Å². The van der Waals surface area contributed by atoms with Crippen molar-refractivity contribution in [3.8, 4) is 17.1 Å². The van der Waals surface area contributed by atoms with Crippen molar-refractivity contribution in [1.82, 2.24) is 9.97 Å². The highest BCUT2D eigenvalue weighted by Crippen LogP contribution is 2.34. The number of hydrogen-bond donors (Lipinski definition) is 0. The van der Waals surface area contributed by atoms with Crippen molar-refractivity contribution < 1.29 is 4.74 Å². The van der Waals surface area contributed by atoms with E-state index in [9.17, 15) is 0 Å². The molecular formula is C27H40N2O. The van der Waals surface area contributed by atoms with E-state index in [0.717, 1.165) is 54.8 Å². The first kappa shape index (κ1) is 22.8. The van der Waals surface area contributed by atoms with Gasteiger partial charge in [0, 0.05) is 18.0 Å². The van der Waals surface area contributed by atoms with Crippen LogP contribution >= 0.6 is 0 Å². The van der Waals surface area contributed by atoms with E-state index in [0.29, 0.717) is 0 Å². The first-order chi connectivity index (χ1) is 14.8. The van der Waals surface area contributed by atoms with Gasteiger partial charge >= 0.3 is 0 Å². The first-order valence-electron chi connectivity index (χ1n) is 12.3. The molecule has 164 valence electrons. The van der Waals surface area contributed by atoms with Crippen molar-refractivity contribution >= 4 is 0 Å². The van der Waals surface area contributed by atoms with Crippen LogP contribution in [0.4, 0.5) is 0 Å². The minimum Gasteiger partial charge on any atom is -0.494 e. The molecule has 2 aromatic rings. The van der Waals surface area contributed by atoms with E-state index in [1.807, 2.05) is 24.5 Å². The number of rotatable bonds is 12. The quantitative estimate of drug-likeness (QED) is 0.338. The standard InChI is InChI=1S/C27H40N2O/c1-3-5-6-9-22-11-13-23(14-12-22)10-7-19-30-26-17-15-25(16-18-26)27-28-20-24(8-4-2)21-29-27/h15-18,20-23H,3-14,19H2,1-2H3. The number of nitrogens with zero attached hydrogens (tertiary/aromatic N) is 2. The Labute approximate surface area is 183 Å². The third-order valence-corrected chi connectivity index (χ3v) is 6.56. The summed E-state index contributed by atoms with van der Waals surface area (Å²) in [5, 5.41) is 0. The van der Waals surface area contributed by atoms with Crippen LogP contribution in [0.3, 0.4) is 0 Å². The summed E-state index contributed by atoms with van der Waals surface area (Å²) >= 11 is 0. The third-order valence-electron chi connectivity index (χ3n) is 6.56. The minimum absolute atomic E-state index is 0.784. The van der Waals surface area contributed by atoms with Crippen LogP contribution in [0.15, 0.2) is 36.7 Å². The van der Waals surface area contributed by atoms with Crippen LogP contribution in [0.1, 0.15) is 90.0 Å². The lowest BCUT2D eigenvalue weighted by atomic mass is 9.78. The Morgan fingerprint density at radius 3 is 2.03 bits per heavy atom. The highest BCUT2D eigenvalue weighted by atomic mass is 16.5. The lowest BCUT2D eigenvalue weighted by molar-refractivity contribution is 0.228. The second-order valence-electron chi connectivity index (χ2n) is 9.06. The Morgan fingerprint density at radius 2 is 1.43 bits per heavy atom. The molecule has 0 radical (unpaired) electrons. The number of aryl methyl sites for hydroxylation is 1. The van der Waals surface area contributed by atoms with Crippen molar-refractivity contribution in [3.05, 3.63) is 42.2 Å². The maximum Gasteiger partial charge on any atom is 0.159 e. The van der Waals surface area contributed by atoms with Crippen molar-refractivity contribution in [2.45, 2.75) is 90.9 Å². The van der Waals surface area contributed by atoms with E-state index in [2.05, 4.69) is 35.9 Å². The largest absolute Gasteiger partial charge is 0.494 e. The second kappa shape index (κ2) is 12.7. The van der Waals surface area contributed by atoms with Crippen molar-refractivity contribution in [2.24, 2.45) is 11.8 Å². The summed E-state index contributed by atoms with van der Waals surface area (Å²) in [7, 11) is 0. The monoisotopic (exact) mass is 408 g/mol. The highest BCUT2D eigenvalue weighted by Gasteiger charge is 2.20. The zero-order chi connectivity index (χ0) is 21.0. The van der Waals surface area contributed by atoms with Gasteiger partial charge in [-0.05, 0) is 60.9 Å². The van der Waals surface area contributed by atoms with Gasteiger partial charge in [0.15, 0.2) is 5.82 Å². The number of aromatic nitrogens is 2. The highest BCUT2D eigenvalue weighted by molar-refractivity contribution is 5.55. The molecule has 0 bridgehead atoms. The molecule has 0 spiro atoms. The molecule has 3 heteroatoms. The molecular weight excluding hydrogens is 368 g/mol. The molecule has 1 aliphatic rings. The van der Waals surface area contributed by atoms with Crippen LogP contribution in [-0.4, -0.2) is 16.6 Å². The maximum absolute atomic E-state index is 5.98. The lowest BCUT2D eigenvalue weighted by Gasteiger charge is -2.28. The van der Waals surface area contributed by atoms with Crippen molar-refractivity contribution in [1.29, 1.82) is 0 Å². The van der Waals surface area contributed by atoms with Gasteiger partial charge < -0.3 is 4.74 Å². The fourth-order valence-electron chi connectivity index (χ4n) is 4.68. The molecule has 0 N–H and O–H groups in total. The smallest absolute Gasteiger partial charge is 0.159 e. The van der Waals surface area contributed by atoms with Gasteiger partial charge in [-0.25, -0.2) is 9.97 Å². The SMILES string of the molecule is CCCCCC1CCC(CCCOc2ccc(-c3ncc(CCC)cn3)cc2)CC1. The number of benzene rings is 1. The minimum atomic E-state index is 0.784. The molecule has 1 saturated carbocycles. The van der Waals surface area contributed by atoms with Crippen LogP contribution in [0.5, 0.6) is 5.75 Å². The Bertz CT molecular complexity index is 703. The molecule has 0 atom stereocenters. The Hall–Kier alpha value is -1.90. The van der Waals surface area contributed by atoms with Crippen molar-refractivity contribution in [3.63, 3.8) is 0 Å². The molecule has 3 nitrogen and oxygen atoms in total. The summed E-state index contributed by atoms with van der Waals surface area (Å²) in [6, 6.07) is 8.20. The van der Waals surface area contributed by atoms with Crippen LogP contribution in [0.25, 0.3) is 11.4 Å². The third kappa shape index (κ3) is 7.41. The zero-order valence-electron chi connectivity index (χ0n) is 19.1. The molecule has 3 rings (SSSR count). The average molecular weight is 409 g/mol. The summed E-state index contributed by atoms with van der Waals surface area (Å²) < 4.78 is 5.98. The Kier molecular flexibility index (Phi) is 9.66. The van der Waals surface area contributed by atoms with E-state index < -0.39 is 0 Å². The Morgan fingerprint density at radius 1 is 0.800 bits per heavy atom. The van der Waals surface area contributed by atoms with Crippen LogP contribution in [0.2, 0.25) is 0 Å². The second-order valence-corrected chi connectivity index (χ2v) is 9.06. The number of hydrogen-bond acceptors (Lipinski definition) is 3. The van der Waals surface area contributed by atoms with E-state index in [1.54, 1.807) is 0 Å². The summed E-state index contributed by atoms with van der Waals surface area (Å²) in [6.07, 6.45) is 20.0. The first-order valence-corrected chi connectivity index (χ1v) is 12.3. The average Bonchev–Trinajstić information content (AvgIpc) is 2.79. The molecule has 0 saturated heterocycles. The van der Waals surface area contributed by atoms with E-state index in [-0.39, 0.29) is 0 Å². The van der Waals surface area contributed by atoms with E-state index in [1.165, 1.54) is 63.4 Å². The van der Waals surface area contributed by atoms with E-state index >= 15 is 0 Å².